The van der Waals surface area contributed by atoms with E-state index in [0.717, 1.165) is 24.2 Å². The molecule has 0 saturated carbocycles. The van der Waals surface area contributed by atoms with Crippen molar-refractivity contribution in [2.45, 2.75) is 51.9 Å². The Balaban J connectivity index is 0.000000210. The molecule has 1 fully saturated rings. The van der Waals surface area contributed by atoms with E-state index in [1.807, 2.05) is 11.0 Å². The van der Waals surface area contributed by atoms with Gasteiger partial charge in [0.15, 0.2) is 5.78 Å². The van der Waals surface area contributed by atoms with E-state index in [2.05, 4.69) is 23.8 Å². The van der Waals surface area contributed by atoms with Crippen LogP contribution in [0.2, 0.25) is 0 Å². The number of aliphatic hydroxyl groups excluding tert-OH is 1. The minimum absolute atomic E-state index is 0.0141. The molecular weight excluding hydrogens is 398 g/mol. The maximum absolute atomic E-state index is 12.4. The molecular formula is C23H31N3O5. The first-order chi connectivity index (χ1) is 14.9. The molecule has 0 radical (unpaired) electrons. The lowest BCUT2D eigenvalue weighted by Crippen LogP contribution is -2.43. The molecule has 4 rings (SSSR count). The topological polar surface area (TPSA) is 105 Å². The summed E-state index contributed by atoms with van der Waals surface area (Å²) < 4.78 is 10.8. The maximum Gasteiger partial charge on any atom is 0.410 e. The van der Waals surface area contributed by atoms with Crippen LogP contribution in [0.1, 0.15) is 56.3 Å². The van der Waals surface area contributed by atoms with Gasteiger partial charge in [-0.2, -0.15) is 0 Å². The number of hydrogen-bond donors (Lipinski definition) is 2. The zero-order valence-corrected chi connectivity index (χ0v) is 18.3. The molecule has 1 unspecified atom stereocenters. The van der Waals surface area contributed by atoms with Gasteiger partial charge >= 0.3 is 6.09 Å². The van der Waals surface area contributed by atoms with Crippen molar-refractivity contribution in [3.8, 4) is 0 Å². The Kier molecular flexibility index (Phi) is 7.81. The second-order valence-electron chi connectivity index (χ2n) is 8.19. The average Bonchev–Trinajstić information content (AvgIpc) is 3.45. The van der Waals surface area contributed by atoms with E-state index >= 15 is 0 Å². The van der Waals surface area contributed by atoms with Crippen LogP contribution in [0.15, 0.2) is 36.7 Å². The van der Waals surface area contributed by atoms with E-state index in [1.54, 1.807) is 30.6 Å². The first kappa shape index (κ1) is 23.0. The number of amides is 1. The maximum atomic E-state index is 12.4. The summed E-state index contributed by atoms with van der Waals surface area (Å²) in [6, 6.07) is 8.87. The van der Waals surface area contributed by atoms with Gasteiger partial charge in [0.05, 0.1) is 31.3 Å². The number of benzene rings is 1. The average molecular weight is 430 g/mol. The first-order valence-corrected chi connectivity index (χ1v) is 10.7. The number of carbonyl (C=O) groups excluding carboxylic acids is 2. The molecule has 0 aliphatic carbocycles. The molecule has 1 amide bonds. The summed E-state index contributed by atoms with van der Waals surface area (Å²) in [6.45, 7) is 7.44. The number of hydrogen-bond acceptors (Lipinski definition) is 6. The van der Waals surface area contributed by atoms with E-state index in [1.165, 1.54) is 6.92 Å². The second kappa shape index (κ2) is 10.5. The zero-order valence-electron chi connectivity index (χ0n) is 18.3. The largest absolute Gasteiger partial charge is 0.444 e. The second-order valence-corrected chi connectivity index (χ2v) is 8.19. The summed E-state index contributed by atoms with van der Waals surface area (Å²) in [6.07, 6.45) is 1.99. The third kappa shape index (κ3) is 5.71. The van der Waals surface area contributed by atoms with Crippen molar-refractivity contribution in [2.24, 2.45) is 5.92 Å². The lowest BCUT2D eigenvalue weighted by Gasteiger charge is -2.36. The van der Waals surface area contributed by atoms with Crippen LogP contribution in [0.4, 0.5) is 4.79 Å². The summed E-state index contributed by atoms with van der Waals surface area (Å²) >= 11 is 0. The highest BCUT2D eigenvalue weighted by Gasteiger charge is 2.36. The van der Waals surface area contributed by atoms with Crippen LogP contribution >= 0.6 is 0 Å². The van der Waals surface area contributed by atoms with E-state index in [9.17, 15) is 14.7 Å². The Hall–Kier alpha value is -2.71. The minimum Gasteiger partial charge on any atom is -0.444 e. The minimum atomic E-state index is -0.962. The van der Waals surface area contributed by atoms with Crippen LogP contribution in [-0.2, 0) is 20.7 Å². The van der Waals surface area contributed by atoms with Gasteiger partial charge in [0.25, 0.3) is 0 Å². The number of aromatic nitrogens is 2. The number of carbonyl (C=O) groups is 2. The van der Waals surface area contributed by atoms with Gasteiger partial charge in [0.2, 0.25) is 0 Å². The molecule has 0 bridgehead atoms. The standard InChI is InChI=1S/C14H21N3O3.C9H10O2/c1-9(2)13-12-11(15-8-16-12)3-5-17(13)14(18)20-10-4-6-19-7-10;1-7(10)9(11)8-5-3-2-4-6-8/h8-10,13H,3-7H2,1-2H3,(H,15,16);2-6,9,11H,1H3/t10-,13?;9-/m00/s1. The molecule has 2 aliphatic rings. The summed E-state index contributed by atoms with van der Waals surface area (Å²) in [7, 11) is 0. The first-order valence-electron chi connectivity index (χ1n) is 10.7. The number of ether oxygens (including phenoxy) is 2. The Morgan fingerprint density at radius 1 is 1.29 bits per heavy atom. The van der Waals surface area contributed by atoms with Crippen LogP contribution in [0.5, 0.6) is 0 Å². The molecule has 2 N–H and O–H groups in total. The fraction of sp³-hybridized carbons (Fsp3) is 0.522. The fourth-order valence-corrected chi connectivity index (χ4v) is 3.87. The van der Waals surface area contributed by atoms with Crippen molar-refractivity contribution in [1.82, 2.24) is 14.9 Å². The number of Topliss-reactive ketones (excluding diaryl/α,β-unsaturated/α-hetero) is 1. The van der Waals surface area contributed by atoms with Gasteiger partial charge < -0.3 is 19.6 Å². The van der Waals surface area contributed by atoms with E-state index in [-0.39, 0.29) is 24.0 Å². The predicted octanol–water partition coefficient (Wildman–Crippen LogP) is 3.20. The SMILES string of the molecule is CC(=O)[C@H](O)c1ccccc1.CC(C)C1c2nc[nH]c2CCN1C(=O)O[C@H]1CCOC1. The number of imidazole rings is 1. The summed E-state index contributed by atoms with van der Waals surface area (Å²) in [5.74, 6) is 0.0703. The Bertz CT molecular complexity index is 861. The Labute approximate surface area is 182 Å². The van der Waals surface area contributed by atoms with Crippen LogP contribution in [0, 0.1) is 5.92 Å². The summed E-state index contributed by atoms with van der Waals surface area (Å²) in [5.41, 5.74) is 2.77. The predicted molar refractivity (Wildman–Crippen MR) is 114 cm³/mol. The molecule has 2 aromatic rings. The number of nitrogens with zero attached hydrogens (tertiary/aromatic N) is 2. The van der Waals surface area contributed by atoms with Gasteiger partial charge in [-0.15, -0.1) is 0 Å². The van der Waals surface area contributed by atoms with Gasteiger partial charge in [0, 0.05) is 25.1 Å². The number of aliphatic hydroxyl groups is 1. The van der Waals surface area contributed by atoms with Crippen molar-refractivity contribution in [3.05, 3.63) is 53.6 Å². The fourth-order valence-electron chi connectivity index (χ4n) is 3.87. The van der Waals surface area contributed by atoms with Crippen molar-refractivity contribution in [2.75, 3.05) is 19.8 Å². The number of nitrogens with one attached hydrogen (secondary N) is 1. The van der Waals surface area contributed by atoms with E-state index < -0.39 is 6.10 Å². The quantitative estimate of drug-likeness (QED) is 0.773. The summed E-state index contributed by atoms with van der Waals surface area (Å²) in [5, 5.41) is 9.25. The molecule has 3 atom stereocenters. The molecule has 2 aliphatic heterocycles. The monoisotopic (exact) mass is 429 g/mol. The highest BCUT2D eigenvalue weighted by atomic mass is 16.6. The third-order valence-corrected chi connectivity index (χ3v) is 5.49. The Morgan fingerprint density at radius 2 is 2.03 bits per heavy atom. The molecule has 1 aromatic heterocycles. The van der Waals surface area contributed by atoms with Crippen molar-refractivity contribution in [3.63, 3.8) is 0 Å². The van der Waals surface area contributed by atoms with Crippen LogP contribution < -0.4 is 0 Å². The van der Waals surface area contributed by atoms with Crippen LogP contribution in [-0.4, -0.2) is 57.7 Å². The molecule has 1 saturated heterocycles. The number of ketones is 1. The molecule has 8 nitrogen and oxygen atoms in total. The number of aromatic amines is 1. The zero-order chi connectivity index (χ0) is 22.4. The van der Waals surface area contributed by atoms with Gasteiger partial charge in [-0.3, -0.25) is 9.69 Å². The molecule has 31 heavy (non-hydrogen) atoms. The molecule has 8 heteroatoms. The van der Waals surface area contributed by atoms with E-state index in [4.69, 9.17) is 9.47 Å². The van der Waals surface area contributed by atoms with Crippen LogP contribution in [0.25, 0.3) is 0 Å². The molecule has 1 aromatic carbocycles. The number of rotatable bonds is 4. The van der Waals surface area contributed by atoms with Gasteiger partial charge in [-0.05, 0) is 18.4 Å². The van der Waals surface area contributed by atoms with E-state index in [0.29, 0.717) is 31.2 Å². The normalized spacial score (nSPS) is 21.1. The molecule has 0 spiro atoms. The van der Waals surface area contributed by atoms with Crippen molar-refractivity contribution < 1.29 is 24.2 Å². The van der Waals surface area contributed by atoms with Crippen molar-refractivity contribution >= 4 is 11.9 Å². The van der Waals surface area contributed by atoms with Gasteiger partial charge in [-0.25, -0.2) is 9.78 Å². The third-order valence-electron chi connectivity index (χ3n) is 5.49. The highest BCUT2D eigenvalue weighted by molar-refractivity contribution is 5.81. The molecule has 3 heterocycles. The molecule has 168 valence electrons. The van der Waals surface area contributed by atoms with Crippen LogP contribution in [0.3, 0.4) is 0 Å². The lowest BCUT2D eigenvalue weighted by molar-refractivity contribution is -0.125. The summed E-state index contributed by atoms with van der Waals surface area (Å²) in [4.78, 5) is 32.5. The Morgan fingerprint density at radius 3 is 2.65 bits per heavy atom. The lowest BCUT2D eigenvalue weighted by atomic mass is 9.94. The van der Waals surface area contributed by atoms with Gasteiger partial charge in [-0.1, -0.05) is 44.2 Å². The van der Waals surface area contributed by atoms with Crippen molar-refractivity contribution in [1.29, 1.82) is 0 Å². The number of fused-ring (bicyclic) bond motifs is 1. The van der Waals surface area contributed by atoms with Gasteiger partial charge in [0.1, 0.15) is 12.2 Å². The smallest absolute Gasteiger partial charge is 0.410 e. The number of H-pyrrole nitrogens is 1. The highest BCUT2D eigenvalue weighted by Crippen LogP contribution is 2.34.